The number of hydrogen-bond donors (Lipinski definition) is 2. The Morgan fingerprint density at radius 3 is 2.94 bits per heavy atom. The van der Waals surface area contributed by atoms with E-state index >= 15 is 0 Å². The Morgan fingerprint density at radius 1 is 1.35 bits per heavy atom. The monoisotopic (exact) mass is 235 g/mol. The van der Waals surface area contributed by atoms with Gasteiger partial charge >= 0.3 is 5.97 Å². The van der Waals surface area contributed by atoms with Crippen molar-refractivity contribution < 1.29 is 19.4 Å². The molecule has 1 unspecified atom stereocenters. The third-order valence-corrected chi connectivity index (χ3v) is 3.52. The van der Waals surface area contributed by atoms with Crippen molar-refractivity contribution in [3.05, 3.63) is 22.5 Å². The van der Waals surface area contributed by atoms with Crippen LogP contribution in [0, 0.1) is 5.92 Å². The molecule has 0 saturated carbocycles. The van der Waals surface area contributed by atoms with E-state index in [2.05, 4.69) is 4.98 Å². The summed E-state index contributed by atoms with van der Waals surface area (Å²) in [7, 11) is 0. The Bertz CT molecular complexity index is 503. The van der Waals surface area contributed by atoms with Crippen LogP contribution in [-0.2, 0) is 29.0 Å². The van der Waals surface area contributed by atoms with Crippen molar-refractivity contribution in [2.45, 2.75) is 25.9 Å². The lowest BCUT2D eigenvalue weighted by Crippen LogP contribution is -2.26. The molecule has 0 bridgehead atoms. The average molecular weight is 235 g/mol. The molecule has 0 spiro atoms. The van der Waals surface area contributed by atoms with Gasteiger partial charge in [0.1, 0.15) is 0 Å². The number of nitrogens with one attached hydrogen (secondary N) is 1. The second kappa shape index (κ2) is 3.70. The minimum atomic E-state index is -0.896. The fourth-order valence-corrected chi connectivity index (χ4v) is 2.68. The second-order valence-electron chi connectivity index (χ2n) is 4.60. The summed E-state index contributed by atoms with van der Waals surface area (Å²) in [5, 5.41) is 8.99. The van der Waals surface area contributed by atoms with E-state index in [9.17, 15) is 9.59 Å². The van der Waals surface area contributed by atoms with E-state index in [0.29, 0.717) is 25.2 Å². The number of Topliss-reactive ketones (excluding diaryl/α,β-unsaturated/α-hetero) is 1. The third-order valence-electron chi connectivity index (χ3n) is 3.52. The SMILES string of the molecule is O=C1CC(C(=O)O)Cc2[nH]c3c(c21)COCC3. The molecule has 17 heavy (non-hydrogen) atoms. The first-order valence-corrected chi connectivity index (χ1v) is 5.73. The number of ketones is 1. The summed E-state index contributed by atoms with van der Waals surface area (Å²) in [6.07, 6.45) is 1.30. The lowest BCUT2D eigenvalue weighted by Gasteiger charge is -2.18. The van der Waals surface area contributed by atoms with Gasteiger partial charge in [0.25, 0.3) is 0 Å². The number of carbonyl (C=O) groups is 2. The predicted molar refractivity (Wildman–Crippen MR) is 57.9 cm³/mol. The first kappa shape index (κ1) is 10.5. The highest BCUT2D eigenvalue weighted by molar-refractivity contribution is 6.02. The van der Waals surface area contributed by atoms with Gasteiger partial charge in [-0.15, -0.1) is 0 Å². The van der Waals surface area contributed by atoms with Crippen molar-refractivity contribution in [3.63, 3.8) is 0 Å². The number of aromatic nitrogens is 1. The molecule has 5 heteroatoms. The van der Waals surface area contributed by atoms with E-state index in [1.54, 1.807) is 0 Å². The van der Waals surface area contributed by atoms with Gasteiger partial charge in [-0.25, -0.2) is 0 Å². The maximum Gasteiger partial charge on any atom is 0.307 e. The van der Waals surface area contributed by atoms with E-state index in [-0.39, 0.29) is 12.2 Å². The van der Waals surface area contributed by atoms with Crippen LogP contribution in [0.3, 0.4) is 0 Å². The molecule has 0 radical (unpaired) electrons. The van der Waals surface area contributed by atoms with Gasteiger partial charge in [-0.05, 0) is 0 Å². The summed E-state index contributed by atoms with van der Waals surface area (Å²) in [4.78, 5) is 26.2. The number of fused-ring (bicyclic) bond motifs is 3. The molecule has 1 aliphatic carbocycles. The summed E-state index contributed by atoms with van der Waals surface area (Å²) < 4.78 is 5.35. The summed E-state index contributed by atoms with van der Waals surface area (Å²) in [6, 6.07) is 0. The highest BCUT2D eigenvalue weighted by Gasteiger charge is 2.34. The average Bonchev–Trinajstić information content (AvgIpc) is 2.67. The standard InChI is InChI=1S/C12H13NO4/c14-10-4-6(12(15)16)3-9-11(10)7-5-17-2-1-8(7)13-9/h6,13H,1-5H2,(H,15,16). The molecule has 2 aliphatic rings. The molecule has 5 nitrogen and oxygen atoms in total. The van der Waals surface area contributed by atoms with Crippen LogP contribution in [-0.4, -0.2) is 28.4 Å². The number of carboxylic acid groups (broad SMARTS) is 1. The molecule has 2 N–H and O–H groups in total. The minimum Gasteiger partial charge on any atom is -0.481 e. The first-order valence-electron chi connectivity index (χ1n) is 5.73. The summed E-state index contributed by atoms with van der Waals surface area (Å²) in [5.74, 6) is -1.55. The zero-order valence-electron chi connectivity index (χ0n) is 9.28. The van der Waals surface area contributed by atoms with Crippen molar-refractivity contribution in [2.24, 2.45) is 5.92 Å². The Kier molecular flexibility index (Phi) is 2.29. The summed E-state index contributed by atoms with van der Waals surface area (Å²) in [6.45, 7) is 1.12. The normalized spacial score (nSPS) is 23.1. The van der Waals surface area contributed by atoms with Gasteiger partial charge in [-0.1, -0.05) is 0 Å². The van der Waals surface area contributed by atoms with Crippen molar-refractivity contribution >= 4 is 11.8 Å². The van der Waals surface area contributed by atoms with Crippen LogP contribution in [0.2, 0.25) is 0 Å². The molecule has 90 valence electrons. The van der Waals surface area contributed by atoms with E-state index in [0.717, 1.165) is 23.4 Å². The quantitative estimate of drug-likeness (QED) is 0.758. The van der Waals surface area contributed by atoms with E-state index in [1.807, 2.05) is 0 Å². The zero-order chi connectivity index (χ0) is 12.0. The topological polar surface area (TPSA) is 79.4 Å². The highest BCUT2D eigenvalue weighted by atomic mass is 16.5. The van der Waals surface area contributed by atoms with E-state index in [1.165, 1.54) is 0 Å². The van der Waals surface area contributed by atoms with Crippen molar-refractivity contribution in [2.75, 3.05) is 6.61 Å². The molecule has 1 aliphatic heterocycles. The van der Waals surface area contributed by atoms with Gasteiger partial charge < -0.3 is 14.8 Å². The van der Waals surface area contributed by atoms with Crippen molar-refractivity contribution in [3.8, 4) is 0 Å². The lowest BCUT2D eigenvalue weighted by atomic mass is 9.85. The molecule has 0 fully saturated rings. The number of H-pyrrole nitrogens is 1. The van der Waals surface area contributed by atoms with Gasteiger partial charge in [-0.3, -0.25) is 9.59 Å². The number of aliphatic carboxylic acids is 1. The largest absolute Gasteiger partial charge is 0.481 e. The molecule has 1 aromatic heterocycles. The number of aromatic amines is 1. The Labute approximate surface area is 97.8 Å². The summed E-state index contributed by atoms with van der Waals surface area (Å²) in [5.41, 5.74) is 3.46. The van der Waals surface area contributed by atoms with Crippen LogP contribution in [0.1, 0.15) is 33.7 Å². The molecule has 1 aromatic rings. The van der Waals surface area contributed by atoms with Crippen LogP contribution < -0.4 is 0 Å². The summed E-state index contributed by atoms with van der Waals surface area (Å²) >= 11 is 0. The fourth-order valence-electron chi connectivity index (χ4n) is 2.68. The van der Waals surface area contributed by atoms with Gasteiger partial charge in [0.15, 0.2) is 5.78 Å². The molecule has 2 heterocycles. The van der Waals surface area contributed by atoms with E-state index in [4.69, 9.17) is 9.84 Å². The highest BCUT2D eigenvalue weighted by Crippen LogP contribution is 2.32. The number of carboxylic acids is 1. The molecule has 3 rings (SSSR count). The minimum absolute atomic E-state index is 0.0679. The molecule has 0 aromatic carbocycles. The molecule has 0 amide bonds. The molecular formula is C12H13NO4. The van der Waals surface area contributed by atoms with Crippen LogP contribution >= 0.6 is 0 Å². The van der Waals surface area contributed by atoms with Crippen LogP contribution in [0.25, 0.3) is 0 Å². The maximum absolute atomic E-state index is 12.0. The van der Waals surface area contributed by atoms with Crippen LogP contribution in [0.5, 0.6) is 0 Å². The number of hydrogen-bond acceptors (Lipinski definition) is 3. The molecule has 1 atom stereocenters. The van der Waals surface area contributed by atoms with Gasteiger partial charge in [0.05, 0.1) is 19.1 Å². The zero-order valence-corrected chi connectivity index (χ0v) is 9.28. The third kappa shape index (κ3) is 1.58. The molecular weight excluding hydrogens is 222 g/mol. The maximum atomic E-state index is 12.0. The number of carbonyl (C=O) groups excluding carboxylic acids is 1. The molecule has 0 saturated heterocycles. The fraction of sp³-hybridized carbons (Fsp3) is 0.500. The number of rotatable bonds is 1. The van der Waals surface area contributed by atoms with Crippen molar-refractivity contribution in [1.82, 2.24) is 4.98 Å². The van der Waals surface area contributed by atoms with Crippen molar-refractivity contribution in [1.29, 1.82) is 0 Å². The van der Waals surface area contributed by atoms with Gasteiger partial charge in [-0.2, -0.15) is 0 Å². The smallest absolute Gasteiger partial charge is 0.307 e. The Morgan fingerprint density at radius 2 is 2.18 bits per heavy atom. The van der Waals surface area contributed by atoms with Crippen LogP contribution in [0.15, 0.2) is 0 Å². The van der Waals surface area contributed by atoms with E-state index < -0.39 is 11.9 Å². The van der Waals surface area contributed by atoms with Gasteiger partial charge in [0.2, 0.25) is 0 Å². The van der Waals surface area contributed by atoms with Gasteiger partial charge in [0, 0.05) is 41.8 Å². The van der Waals surface area contributed by atoms with Crippen LogP contribution in [0.4, 0.5) is 0 Å². The lowest BCUT2D eigenvalue weighted by molar-refractivity contribution is -0.141. The Balaban J connectivity index is 2.04. The second-order valence-corrected chi connectivity index (χ2v) is 4.60. The predicted octanol–water partition coefficient (Wildman–Crippen LogP) is 0.917. The number of ether oxygens (including phenoxy) is 1. The first-order chi connectivity index (χ1) is 8.16. The Hall–Kier alpha value is -1.62.